The molecule has 2 aromatic carbocycles. The molecule has 25 heavy (non-hydrogen) atoms. The van der Waals surface area contributed by atoms with Gasteiger partial charge in [-0.3, -0.25) is 4.79 Å². The van der Waals surface area contributed by atoms with E-state index >= 15 is 0 Å². The number of amides is 1. The number of hydrogen-bond acceptors (Lipinski definition) is 4. The van der Waals surface area contributed by atoms with E-state index in [0.29, 0.717) is 5.16 Å². The van der Waals surface area contributed by atoms with E-state index in [1.54, 1.807) is 0 Å². The van der Waals surface area contributed by atoms with Crippen molar-refractivity contribution in [1.29, 1.82) is 0 Å². The van der Waals surface area contributed by atoms with Gasteiger partial charge in [-0.1, -0.05) is 58.0 Å². The molecular weight excluding hydrogens is 468 g/mol. The third kappa shape index (κ3) is 4.50. The lowest BCUT2D eigenvalue weighted by molar-refractivity contribution is -0.113. The minimum atomic E-state index is -0.0997. The molecule has 0 fully saturated rings. The van der Waals surface area contributed by atoms with Gasteiger partial charge in [-0.2, -0.15) is 0 Å². The highest BCUT2D eigenvalue weighted by Gasteiger charge is 2.13. The van der Waals surface area contributed by atoms with Crippen molar-refractivity contribution in [1.82, 2.24) is 14.8 Å². The molecule has 0 radical (unpaired) electrons. The summed E-state index contributed by atoms with van der Waals surface area (Å²) in [5, 5.41) is 12.0. The number of nitrogens with one attached hydrogen (secondary N) is 1. The van der Waals surface area contributed by atoms with Gasteiger partial charge in [-0.15, -0.1) is 10.2 Å². The number of anilines is 1. The summed E-state index contributed by atoms with van der Waals surface area (Å²) < 4.78 is 3.66. The van der Waals surface area contributed by atoms with Gasteiger partial charge in [0.1, 0.15) is 0 Å². The lowest BCUT2D eigenvalue weighted by Crippen LogP contribution is -2.14. The summed E-state index contributed by atoms with van der Waals surface area (Å²) in [6, 6.07) is 15.4. The van der Waals surface area contributed by atoms with Crippen molar-refractivity contribution < 1.29 is 4.79 Å². The molecule has 3 aromatic rings. The van der Waals surface area contributed by atoms with Gasteiger partial charge < -0.3 is 9.88 Å². The Kier molecular flexibility index (Phi) is 5.93. The van der Waals surface area contributed by atoms with Crippen molar-refractivity contribution in [2.24, 2.45) is 7.05 Å². The Morgan fingerprint density at radius 3 is 2.64 bits per heavy atom. The molecule has 0 aliphatic heterocycles. The summed E-state index contributed by atoms with van der Waals surface area (Å²) in [6.07, 6.45) is 0. The Balaban J connectivity index is 1.64. The Morgan fingerprint density at radius 1 is 1.16 bits per heavy atom. The number of thioether (sulfide) groups is 1. The number of benzene rings is 2. The van der Waals surface area contributed by atoms with E-state index in [2.05, 4.69) is 47.4 Å². The highest BCUT2D eigenvalue weighted by molar-refractivity contribution is 9.11. The topological polar surface area (TPSA) is 59.8 Å². The summed E-state index contributed by atoms with van der Waals surface area (Å²) in [7, 11) is 1.90. The van der Waals surface area contributed by atoms with E-state index in [9.17, 15) is 4.79 Å². The van der Waals surface area contributed by atoms with Crippen LogP contribution in [0.5, 0.6) is 0 Å². The largest absolute Gasteiger partial charge is 0.324 e. The number of aromatic nitrogens is 3. The SMILES string of the molecule is Cn1c(SCC(=O)Nc2ccc(Br)cc2Br)nnc1-c1ccccc1. The van der Waals surface area contributed by atoms with Crippen molar-refractivity contribution in [3.8, 4) is 11.4 Å². The first-order chi connectivity index (χ1) is 12.0. The molecule has 1 N–H and O–H groups in total. The molecule has 128 valence electrons. The molecule has 1 amide bonds. The average Bonchev–Trinajstić information content (AvgIpc) is 2.97. The summed E-state index contributed by atoms with van der Waals surface area (Å²) in [4.78, 5) is 12.2. The monoisotopic (exact) mass is 480 g/mol. The lowest BCUT2D eigenvalue weighted by atomic mass is 10.2. The van der Waals surface area contributed by atoms with E-state index in [4.69, 9.17) is 0 Å². The van der Waals surface area contributed by atoms with Crippen LogP contribution in [0.4, 0.5) is 5.69 Å². The van der Waals surface area contributed by atoms with E-state index in [1.165, 1.54) is 11.8 Å². The molecule has 5 nitrogen and oxygen atoms in total. The fourth-order valence-electron chi connectivity index (χ4n) is 2.19. The minimum absolute atomic E-state index is 0.0997. The maximum atomic E-state index is 12.2. The maximum Gasteiger partial charge on any atom is 0.234 e. The molecule has 0 saturated carbocycles. The van der Waals surface area contributed by atoms with E-state index in [1.807, 2.05) is 60.1 Å². The van der Waals surface area contributed by atoms with Crippen LogP contribution in [-0.2, 0) is 11.8 Å². The average molecular weight is 482 g/mol. The van der Waals surface area contributed by atoms with Gasteiger partial charge in [0, 0.05) is 21.6 Å². The van der Waals surface area contributed by atoms with Gasteiger partial charge in [-0.05, 0) is 34.1 Å². The number of halogens is 2. The highest BCUT2D eigenvalue weighted by atomic mass is 79.9. The van der Waals surface area contributed by atoms with Gasteiger partial charge in [-0.25, -0.2) is 0 Å². The first kappa shape index (κ1) is 18.2. The standard InChI is InChI=1S/C17H14Br2N4OS/c1-23-16(11-5-3-2-4-6-11)21-22-17(23)25-10-15(24)20-14-8-7-12(18)9-13(14)19/h2-9H,10H2,1H3,(H,20,24). The molecule has 0 saturated heterocycles. The van der Waals surface area contributed by atoms with Crippen LogP contribution in [0.25, 0.3) is 11.4 Å². The fraction of sp³-hybridized carbons (Fsp3) is 0.118. The number of rotatable bonds is 5. The molecule has 0 atom stereocenters. The molecule has 0 aliphatic carbocycles. The van der Waals surface area contributed by atoms with Gasteiger partial charge in [0.25, 0.3) is 0 Å². The molecule has 8 heteroatoms. The quantitative estimate of drug-likeness (QED) is 0.534. The number of carbonyl (C=O) groups excluding carboxylic acids is 1. The fourth-order valence-corrected chi connectivity index (χ4v) is 4.04. The zero-order chi connectivity index (χ0) is 17.8. The third-order valence-corrected chi connectivity index (χ3v) is 5.57. The van der Waals surface area contributed by atoms with Crippen molar-refractivity contribution >= 4 is 55.2 Å². The van der Waals surface area contributed by atoms with Crippen molar-refractivity contribution in [3.63, 3.8) is 0 Å². The predicted octanol–water partition coefficient (Wildman–Crippen LogP) is 4.74. The second kappa shape index (κ2) is 8.16. The number of nitrogens with zero attached hydrogens (tertiary/aromatic N) is 3. The van der Waals surface area contributed by atoms with Crippen LogP contribution >= 0.6 is 43.6 Å². The van der Waals surface area contributed by atoms with Crippen LogP contribution in [0.2, 0.25) is 0 Å². The summed E-state index contributed by atoms with van der Waals surface area (Å²) >= 11 is 8.17. The Morgan fingerprint density at radius 2 is 1.92 bits per heavy atom. The molecule has 0 aliphatic rings. The third-order valence-electron chi connectivity index (χ3n) is 3.40. The predicted molar refractivity (Wildman–Crippen MR) is 108 cm³/mol. The maximum absolute atomic E-state index is 12.2. The van der Waals surface area contributed by atoms with Crippen molar-refractivity contribution in [3.05, 3.63) is 57.5 Å². The molecule has 3 rings (SSSR count). The van der Waals surface area contributed by atoms with Crippen LogP contribution in [0.1, 0.15) is 0 Å². The summed E-state index contributed by atoms with van der Waals surface area (Å²) in [6.45, 7) is 0. The summed E-state index contributed by atoms with van der Waals surface area (Å²) in [5.74, 6) is 0.931. The number of hydrogen-bond donors (Lipinski definition) is 1. The lowest BCUT2D eigenvalue weighted by Gasteiger charge is -2.08. The normalized spacial score (nSPS) is 10.7. The van der Waals surface area contributed by atoms with Crippen LogP contribution in [-0.4, -0.2) is 26.4 Å². The Bertz CT molecular complexity index is 899. The number of carbonyl (C=O) groups is 1. The van der Waals surface area contributed by atoms with Gasteiger partial charge in [0.15, 0.2) is 11.0 Å². The zero-order valence-corrected chi connectivity index (χ0v) is 17.2. The Hall–Kier alpha value is -1.64. The van der Waals surface area contributed by atoms with Gasteiger partial charge in [0.2, 0.25) is 5.91 Å². The van der Waals surface area contributed by atoms with E-state index in [0.717, 1.165) is 26.0 Å². The molecule has 1 heterocycles. The minimum Gasteiger partial charge on any atom is -0.324 e. The molecular formula is C17H14Br2N4OS. The zero-order valence-electron chi connectivity index (χ0n) is 13.2. The van der Waals surface area contributed by atoms with Gasteiger partial charge in [0.05, 0.1) is 11.4 Å². The molecule has 0 unspecified atom stereocenters. The first-order valence-corrected chi connectivity index (χ1v) is 9.94. The van der Waals surface area contributed by atoms with Gasteiger partial charge >= 0.3 is 0 Å². The molecule has 0 bridgehead atoms. The van der Waals surface area contributed by atoms with E-state index < -0.39 is 0 Å². The molecule has 1 aromatic heterocycles. The molecule has 0 spiro atoms. The van der Waals surface area contributed by atoms with Crippen LogP contribution in [0, 0.1) is 0 Å². The Labute approximate surface area is 166 Å². The summed E-state index contributed by atoms with van der Waals surface area (Å²) in [5.41, 5.74) is 1.73. The van der Waals surface area contributed by atoms with Crippen molar-refractivity contribution in [2.45, 2.75) is 5.16 Å². The van der Waals surface area contributed by atoms with Crippen LogP contribution < -0.4 is 5.32 Å². The second-order valence-corrected chi connectivity index (χ2v) is 7.90. The first-order valence-electron chi connectivity index (χ1n) is 7.37. The smallest absolute Gasteiger partial charge is 0.234 e. The second-order valence-electron chi connectivity index (χ2n) is 5.19. The van der Waals surface area contributed by atoms with E-state index in [-0.39, 0.29) is 11.7 Å². The highest BCUT2D eigenvalue weighted by Crippen LogP contribution is 2.27. The van der Waals surface area contributed by atoms with Crippen molar-refractivity contribution in [2.75, 3.05) is 11.1 Å². The van der Waals surface area contributed by atoms with Crippen LogP contribution in [0.3, 0.4) is 0 Å². The van der Waals surface area contributed by atoms with Crippen LogP contribution in [0.15, 0.2) is 62.6 Å².